The SMILES string of the molecule is Cc1ccccc1CN(C)Cc1ccc(C#CCN)cc1. The van der Waals surface area contributed by atoms with Crippen molar-refractivity contribution in [3.05, 3.63) is 70.8 Å². The van der Waals surface area contributed by atoms with E-state index in [-0.39, 0.29) is 0 Å². The van der Waals surface area contributed by atoms with Crippen molar-refractivity contribution in [1.82, 2.24) is 4.90 Å². The Morgan fingerprint density at radius 3 is 2.38 bits per heavy atom. The lowest BCUT2D eigenvalue weighted by molar-refractivity contribution is 0.318. The lowest BCUT2D eigenvalue weighted by atomic mass is 10.1. The molecule has 2 aromatic rings. The molecule has 0 fully saturated rings. The van der Waals surface area contributed by atoms with E-state index in [1.807, 2.05) is 0 Å². The van der Waals surface area contributed by atoms with E-state index in [4.69, 9.17) is 5.73 Å². The predicted molar refractivity (Wildman–Crippen MR) is 88.7 cm³/mol. The van der Waals surface area contributed by atoms with Crippen LogP contribution in [0, 0.1) is 18.8 Å². The summed E-state index contributed by atoms with van der Waals surface area (Å²) in [5, 5.41) is 0. The maximum absolute atomic E-state index is 5.38. The van der Waals surface area contributed by atoms with Crippen LogP contribution in [0.3, 0.4) is 0 Å². The summed E-state index contributed by atoms with van der Waals surface area (Å²) in [6.45, 7) is 4.45. The first-order valence-corrected chi connectivity index (χ1v) is 7.20. The van der Waals surface area contributed by atoms with Crippen LogP contribution in [0.15, 0.2) is 48.5 Å². The van der Waals surface area contributed by atoms with Gasteiger partial charge >= 0.3 is 0 Å². The van der Waals surface area contributed by atoms with E-state index >= 15 is 0 Å². The molecule has 0 unspecified atom stereocenters. The minimum atomic E-state index is 0.404. The number of hydrogen-bond acceptors (Lipinski definition) is 2. The highest BCUT2D eigenvalue weighted by Crippen LogP contribution is 2.12. The van der Waals surface area contributed by atoms with Gasteiger partial charge in [0.15, 0.2) is 0 Å². The molecule has 0 bridgehead atoms. The lowest BCUT2D eigenvalue weighted by Gasteiger charge is -2.18. The number of nitrogens with two attached hydrogens (primary N) is 1. The van der Waals surface area contributed by atoms with Gasteiger partial charge in [-0.05, 0) is 42.8 Å². The molecule has 0 saturated carbocycles. The maximum Gasteiger partial charge on any atom is 0.0555 e. The van der Waals surface area contributed by atoms with E-state index in [1.54, 1.807) is 0 Å². The zero-order chi connectivity index (χ0) is 15.1. The Morgan fingerprint density at radius 2 is 1.71 bits per heavy atom. The second kappa shape index (κ2) is 7.64. The Morgan fingerprint density at radius 1 is 1.00 bits per heavy atom. The molecule has 2 nitrogen and oxygen atoms in total. The third-order valence-electron chi connectivity index (χ3n) is 3.44. The fourth-order valence-corrected chi connectivity index (χ4v) is 2.29. The van der Waals surface area contributed by atoms with Crippen LogP contribution in [0.25, 0.3) is 0 Å². The summed E-state index contributed by atoms with van der Waals surface area (Å²) < 4.78 is 0. The van der Waals surface area contributed by atoms with Gasteiger partial charge in [0.05, 0.1) is 6.54 Å². The molecule has 2 aromatic carbocycles. The molecule has 0 radical (unpaired) electrons. The molecule has 21 heavy (non-hydrogen) atoms. The van der Waals surface area contributed by atoms with Gasteiger partial charge in [-0.1, -0.05) is 48.2 Å². The van der Waals surface area contributed by atoms with E-state index in [0.717, 1.165) is 18.7 Å². The van der Waals surface area contributed by atoms with Crippen molar-refractivity contribution in [3.63, 3.8) is 0 Å². The average molecular weight is 278 g/mol. The fraction of sp³-hybridized carbons (Fsp3) is 0.263. The lowest BCUT2D eigenvalue weighted by Crippen LogP contribution is -2.17. The van der Waals surface area contributed by atoms with E-state index in [2.05, 4.69) is 79.2 Å². The van der Waals surface area contributed by atoms with Gasteiger partial charge in [0.2, 0.25) is 0 Å². The molecule has 0 aliphatic carbocycles. The van der Waals surface area contributed by atoms with E-state index < -0.39 is 0 Å². The number of nitrogens with zero attached hydrogens (tertiary/aromatic N) is 1. The summed E-state index contributed by atoms with van der Waals surface area (Å²) in [6, 6.07) is 16.9. The summed E-state index contributed by atoms with van der Waals surface area (Å²) in [7, 11) is 2.15. The van der Waals surface area contributed by atoms with Crippen LogP contribution in [0.2, 0.25) is 0 Å². The average Bonchev–Trinajstić information content (AvgIpc) is 2.49. The highest BCUT2D eigenvalue weighted by atomic mass is 15.1. The van der Waals surface area contributed by atoms with Crippen LogP contribution in [0.4, 0.5) is 0 Å². The predicted octanol–water partition coefficient (Wildman–Crippen LogP) is 2.94. The van der Waals surface area contributed by atoms with Gasteiger partial charge in [0, 0.05) is 18.7 Å². The van der Waals surface area contributed by atoms with Gasteiger partial charge in [-0.25, -0.2) is 0 Å². The number of rotatable bonds is 4. The quantitative estimate of drug-likeness (QED) is 0.871. The van der Waals surface area contributed by atoms with Crippen LogP contribution in [-0.4, -0.2) is 18.5 Å². The molecular formula is C19H22N2. The van der Waals surface area contributed by atoms with Crippen molar-refractivity contribution in [2.24, 2.45) is 5.73 Å². The Balaban J connectivity index is 1.96. The Hall–Kier alpha value is -2.08. The molecule has 0 aliphatic rings. The minimum Gasteiger partial charge on any atom is -0.320 e. The third-order valence-corrected chi connectivity index (χ3v) is 3.44. The summed E-state index contributed by atoms with van der Waals surface area (Å²) >= 11 is 0. The molecule has 0 heterocycles. The van der Waals surface area contributed by atoms with Crippen molar-refractivity contribution in [2.75, 3.05) is 13.6 Å². The van der Waals surface area contributed by atoms with Crippen molar-refractivity contribution in [2.45, 2.75) is 20.0 Å². The molecule has 0 aromatic heterocycles. The van der Waals surface area contributed by atoms with Crippen LogP contribution in [0.5, 0.6) is 0 Å². The van der Waals surface area contributed by atoms with Gasteiger partial charge in [-0.2, -0.15) is 0 Å². The molecule has 0 spiro atoms. The molecule has 2 N–H and O–H groups in total. The summed E-state index contributed by atoms with van der Waals surface area (Å²) in [5.41, 5.74) is 10.4. The minimum absolute atomic E-state index is 0.404. The molecular weight excluding hydrogens is 256 g/mol. The monoisotopic (exact) mass is 278 g/mol. The van der Waals surface area contributed by atoms with Crippen LogP contribution < -0.4 is 5.73 Å². The Kier molecular flexibility index (Phi) is 5.57. The molecule has 0 aliphatic heterocycles. The zero-order valence-corrected chi connectivity index (χ0v) is 12.8. The van der Waals surface area contributed by atoms with Gasteiger partial charge < -0.3 is 5.73 Å². The highest BCUT2D eigenvalue weighted by molar-refractivity contribution is 5.36. The number of aryl methyl sites for hydroxylation is 1. The van der Waals surface area contributed by atoms with Crippen LogP contribution in [-0.2, 0) is 13.1 Å². The van der Waals surface area contributed by atoms with Crippen molar-refractivity contribution in [1.29, 1.82) is 0 Å². The molecule has 0 atom stereocenters. The van der Waals surface area contributed by atoms with Gasteiger partial charge in [-0.3, -0.25) is 4.90 Å². The number of benzene rings is 2. The Labute approximate surface area is 127 Å². The molecule has 0 saturated heterocycles. The zero-order valence-electron chi connectivity index (χ0n) is 12.8. The van der Waals surface area contributed by atoms with Crippen molar-refractivity contribution >= 4 is 0 Å². The maximum atomic E-state index is 5.38. The first-order chi connectivity index (χ1) is 10.2. The second-order valence-corrected chi connectivity index (χ2v) is 5.30. The van der Waals surface area contributed by atoms with E-state index in [1.165, 1.54) is 16.7 Å². The van der Waals surface area contributed by atoms with E-state index in [0.29, 0.717) is 6.54 Å². The molecule has 108 valence electrons. The first kappa shape index (κ1) is 15.3. The smallest absolute Gasteiger partial charge is 0.0555 e. The van der Waals surface area contributed by atoms with E-state index in [9.17, 15) is 0 Å². The second-order valence-electron chi connectivity index (χ2n) is 5.30. The summed E-state index contributed by atoms with van der Waals surface area (Å²) in [4.78, 5) is 2.32. The standard InChI is InChI=1S/C19H22N2/c1-16-6-3-4-8-19(16)15-21(2)14-18-11-9-17(10-12-18)7-5-13-20/h3-4,6,8-12H,13-15,20H2,1-2H3. The van der Waals surface area contributed by atoms with Gasteiger partial charge in [0.1, 0.15) is 0 Å². The summed E-state index contributed by atoms with van der Waals surface area (Å²) in [5.74, 6) is 5.91. The molecule has 0 amide bonds. The topological polar surface area (TPSA) is 29.3 Å². The number of hydrogen-bond donors (Lipinski definition) is 1. The van der Waals surface area contributed by atoms with Crippen LogP contribution >= 0.6 is 0 Å². The van der Waals surface area contributed by atoms with Crippen LogP contribution in [0.1, 0.15) is 22.3 Å². The normalized spacial score (nSPS) is 10.3. The summed E-state index contributed by atoms with van der Waals surface area (Å²) in [6.07, 6.45) is 0. The fourth-order valence-electron chi connectivity index (χ4n) is 2.29. The van der Waals surface area contributed by atoms with Gasteiger partial charge in [-0.15, -0.1) is 0 Å². The largest absolute Gasteiger partial charge is 0.320 e. The van der Waals surface area contributed by atoms with Crippen molar-refractivity contribution in [3.8, 4) is 11.8 Å². The first-order valence-electron chi connectivity index (χ1n) is 7.20. The molecule has 2 rings (SSSR count). The molecule has 2 heteroatoms. The highest BCUT2D eigenvalue weighted by Gasteiger charge is 2.03. The van der Waals surface area contributed by atoms with Crippen molar-refractivity contribution < 1.29 is 0 Å². The third kappa shape index (κ3) is 4.75. The van der Waals surface area contributed by atoms with Gasteiger partial charge in [0.25, 0.3) is 0 Å². The Bertz CT molecular complexity index is 633.